The molecule has 0 aliphatic carbocycles. The molecule has 114 valence electrons. The van der Waals surface area contributed by atoms with E-state index in [4.69, 9.17) is 14.6 Å². The standard InChI is InChI=1S/C16H27NO3/c1-16(2,3)17(9-11-18)10-12-20-13-14-5-7-15(19-4)8-6-14/h5-8,18H,9-13H2,1-4H3. The van der Waals surface area contributed by atoms with E-state index in [1.54, 1.807) is 7.11 Å². The fourth-order valence-electron chi connectivity index (χ4n) is 1.99. The molecule has 0 atom stereocenters. The van der Waals surface area contributed by atoms with E-state index >= 15 is 0 Å². The van der Waals surface area contributed by atoms with Crippen LogP contribution < -0.4 is 4.74 Å². The van der Waals surface area contributed by atoms with Crippen LogP contribution in [0.4, 0.5) is 0 Å². The van der Waals surface area contributed by atoms with Gasteiger partial charge < -0.3 is 14.6 Å². The fraction of sp³-hybridized carbons (Fsp3) is 0.625. The lowest BCUT2D eigenvalue weighted by atomic mass is 10.1. The summed E-state index contributed by atoms with van der Waals surface area (Å²) in [5.74, 6) is 0.857. The van der Waals surface area contributed by atoms with Crippen molar-refractivity contribution in [3.63, 3.8) is 0 Å². The first-order valence-corrected chi connectivity index (χ1v) is 7.04. The fourth-order valence-corrected chi connectivity index (χ4v) is 1.99. The third kappa shape index (κ3) is 5.90. The van der Waals surface area contributed by atoms with Crippen molar-refractivity contribution in [2.45, 2.75) is 32.9 Å². The van der Waals surface area contributed by atoms with Gasteiger partial charge in [-0.15, -0.1) is 0 Å². The highest BCUT2D eigenvalue weighted by Gasteiger charge is 2.19. The molecule has 0 saturated heterocycles. The number of ether oxygens (including phenoxy) is 2. The van der Waals surface area contributed by atoms with Crippen LogP contribution in [0.1, 0.15) is 26.3 Å². The van der Waals surface area contributed by atoms with Crippen molar-refractivity contribution >= 4 is 0 Å². The molecule has 0 aromatic heterocycles. The number of benzene rings is 1. The third-order valence-corrected chi connectivity index (χ3v) is 3.25. The van der Waals surface area contributed by atoms with Crippen molar-refractivity contribution in [2.24, 2.45) is 0 Å². The van der Waals surface area contributed by atoms with E-state index in [1.807, 2.05) is 24.3 Å². The molecule has 0 saturated carbocycles. The molecule has 0 amide bonds. The van der Waals surface area contributed by atoms with Gasteiger partial charge in [0.15, 0.2) is 0 Å². The zero-order valence-electron chi connectivity index (χ0n) is 13.1. The highest BCUT2D eigenvalue weighted by molar-refractivity contribution is 5.26. The average Bonchev–Trinajstić information content (AvgIpc) is 2.41. The Hall–Kier alpha value is -1.10. The Labute approximate surface area is 122 Å². The van der Waals surface area contributed by atoms with Crippen LogP contribution in [0.25, 0.3) is 0 Å². The van der Waals surface area contributed by atoms with E-state index in [-0.39, 0.29) is 12.1 Å². The summed E-state index contributed by atoms with van der Waals surface area (Å²) in [5.41, 5.74) is 1.18. The minimum Gasteiger partial charge on any atom is -0.497 e. The summed E-state index contributed by atoms with van der Waals surface area (Å²) in [5, 5.41) is 9.09. The SMILES string of the molecule is COc1ccc(COCCN(CCO)C(C)(C)C)cc1. The third-order valence-electron chi connectivity index (χ3n) is 3.25. The second kappa shape index (κ2) is 8.25. The number of hydrogen-bond donors (Lipinski definition) is 1. The Morgan fingerprint density at radius 1 is 1.10 bits per heavy atom. The van der Waals surface area contributed by atoms with E-state index in [0.717, 1.165) is 17.9 Å². The lowest BCUT2D eigenvalue weighted by Crippen LogP contribution is -2.44. The summed E-state index contributed by atoms with van der Waals surface area (Å²) < 4.78 is 10.8. The lowest BCUT2D eigenvalue weighted by molar-refractivity contribution is 0.0473. The number of rotatable bonds is 8. The molecule has 4 nitrogen and oxygen atoms in total. The summed E-state index contributed by atoms with van der Waals surface area (Å²) in [6.07, 6.45) is 0. The topological polar surface area (TPSA) is 41.9 Å². The average molecular weight is 281 g/mol. The van der Waals surface area contributed by atoms with Crippen LogP contribution in [0, 0.1) is 0 Å². The van der Waals surface area contributed by atoms with Gasteiger partial charge in [-0.25, -0.2) is 0 Å². The van der Waals surface area contributed by atoms with Gasteiger partial charge in [0.05, 0.1) is 26.9 Å². The molecule has 0 spiro atoms. The minimum absolute atomic E-state index is 0.0478. The maximum absolute atomic E-state index is 9.09. The minimum atomic E-state index is 0.0478. The second-order valence-corrected chi connectivity index (χ2v) is 5.78. The van der Waals surface area contributed by atoms with Gasteiger partial charge in [0.25, 0.3) is 0 Å². The normalized spacial score (nSPS) is 11.9. The van der Waals surface area contributed by atoms with Gasteiger partial charge in [-0.3, -0.25) is 4.90 Å². The Bertz CT molecular complexity index is 370. The summed E-state index contributed by atoms with van der Waals surface area (Å²) in [6.45, 7) is 9.36. The van der Waals surface area contributed by atoms with Gasteiger partial charge in [-0.2, -0.15) is 0 Å². The van der Waals surface area contributed by atoms with E-state index in [2.05, 4.69) is 25.7 Å². The monoisotopic (exact) mass is 281 g/mol. The number of aliphatic hydroxyl groups excluding tert-OH is 1. The predicted octanol–water partition coefficient (Wildman–Crippen LogP) is 2.30. The number of methoxy groups -OCH3 is 1. The quantitative estimate of drug-likeness (QED) is 0.743. The van der Waals surface area contributed by atoms with E-state index in [0.29, 0.717) is 19.8 Å². The van der Waals surface area contributed by atoms with Crippen molar-refractivity contribution in [3.05, 3.63) is 29.8 Å². The Morgan fingerprint density at radius 2 is 1.75 bits per heavy atom. The predicted molar refractivity (Wildman–Crippen MR) is 81.1 cm³/mol. The Morgan fingerprint density at radius 3 is 2.25 bits per heavy atom. The van der Waals surface area contributed by atoms with Crippen LogP contribution in [0.2, 0.25) is 0 Å². The molecule has 1 aromatic carbocycles. The molecule has 1 aromatic rings. The van der Waals surface area contributed by atoms with Crippen LogP contribution in [0.3, 0.4) is 0 Å². The zero-order chi connectivity index (χ0) is 15.0. The Kier molecular flexibility index (Phi) is 6.99. The molecule has 1 rings (SSSR count). The highest BCUT2D eigenvalue weighted by Crippen LogP contribution is 2.13. The number of nitrogens with zero attached hydrogens (tertiary/aromatic N) is 1. The zero-order valence-corrected chi connectivity index (χ0v) is 13.1. The van der Waals surface area contributed by atoms with Gasteiger partial charge >= 0.3 is 0 Å². The lowest BCUT2D eigenvalue weighted by Gasteiger charge is -2.35. The van der Waals surface area contributed by atoms with Gasteiger partial charge in [0, 0.05) is 18.6 Å². The summed E-state index contributed by atoms with van der Waals surface area (Å²) in [4.78, 5) is 2.22. The van der Waals surface area contributed by atoms with Crippen LogP contribution in [-0.2, 0) is 11.3 Å². The molecular weight excluding hydrogens is 254 g/mol. The van der Waals surface area contributed by atoms with Crippen molar-refractivity contribution in [2.75, 3.05) is 33.4 Å². The molecule has 0 fully saturated rings. The first-order chi connectivity index (χ1) is 9.47. The summed E-state index contributed by atoms with van der Waals surface area (Å²) in [7, 11) is 1.66. The summed E-state index contributed by atoms with van der Waals surface area (Å²) in [6, 6.07) is 7.89. The molecule has 0 bridgehead atoms. The van der Waals surface area contributed by atoms with Gasteiger partial charge in [-0.1, -0.05) is 12.1 Å². The number of β-amino-alcohol motifs (C(OH)–C–C–N with tert-alkyl or cyclic N) is 1. The maximum Gasteiger partial charge on any atom is 0.118 e. The smallest absolute Gasteiger partial charge is 0.118 e. The Balaban J connectivity index is 2.32. The van der Waals surface area contributed by atoms with E-state index in [1.165, 1.54) is 0 Å². The van der Waals surface area contributed by atoms with Gasteiger partial charge in [0.2, 0.25) is 0 Å². The molecule has 0 heterocycles. The molecular formula is C16H27NO3. The van der Waals surface area contributed by atoms with E-state index in [9.17, 15) is 0 Å². The van der Waals surface area contributed by atoms with Gasteiger partial charge in [-0.05, 0) is 38.5 Å². The van der Waals surface area contributed by atoms with Crippen LogP contribution >= 0.6 is 0 Å². The first kappa shape index (κ1) is 17.0. The van der Waals surface area contributed by atoms with Crippen LogP contribution in [0.5, 0.6) is 5.75 Å². The van der Waals surface area contributed by atoms with Gasteiger partial charge in [0.1, 0.15) is 5.75 Å². The largest absolute Gasteiger partial charge is 0.497 e. The molecule has 0 aliphatic heterocycles. The highest BCUT2D eigenvalue weighted by atomic mass is 16.5. The van der Waals surface area contributed by atoms with Crippen molar-refractivity contribution in [3.8, 4) is 5.75 Å². The van der Waals surface area contributed by atoms with E-state index < -0.39 is 0 Å². The van der Waals surface area contributed by atoms with Crippen molar-refractivity contribution in [1.29, 1.82) is 0 Å². The summed E-state index contributed by atoms with van der Waals surface area (Å²) >= 11 is 0. The van der Waals surface area contributed by atoms with Crippen LogP contribution in [0.15, 0.2) is 24.3 Å². The van der Waals surface area contributed by atoms with Crippen LogP contribution in [-0.4, -0.2) is 49.0 Å². The maximum atomic E-state index is 9.09. The number of aliphatic hydroxyl groups is 1. The second-order valence-electron chi connectivity index (χ2n) is 5.78. The molecule has 0 unspecified atom stereocenters. The molecule has 0 aliphatic rings. The van der Waals surface area contributed by atoms with Crippen molar-refractivity contribution in [1.82, 2.24) is 4.90 Å². The molecule has 4 heteroatoms. The first-order valence-electron chi connectivity index (χ1n) is 7.04. The molecule has 0 radical (unpaired) electrons. The molecule has 1 N–H and O–H groups in total. The number of hydrogen-bond acceptors (Lipinski definition) is 4. The van der Waals surface area contributed by atoms with Crippen molar-refractivity contribution < 1.29 is 14.6 Å². The molecule has 20 heavy (non-hydrogen) atoms.